The molecule has 31 heavy (non-hydrogen) atoms. The van der Waals surface area contributed by atoms with Crippen molar-refractivity contribution in [2.75, 3.05) is 25.5 Å². The highest BCUT2D eigenvalue weighted by Gasteiger charge is 2.37. The number of nitrogens with zero attached hydrogens (tertiary/aromatic N) is 4. The number of aryl methyl sites for hydroxylation is 1. The first-order chi connectivity index (χ1) is 14.7. The summed E-state index contributed by atoms with van der Waals surface area (Å²) in [4.78, 5) is 20.6. The van der Waals surface area contributed by atoms with Gasteiger partial charge in [-0.3, -0.25) is 14.2 Å². The fourth-order valence-electron chi connectivity index (χ4n) is 3.70. The van der Waals surface area contributed by atoms with Gasteiger partial charge in [-0.2, -0.15) is 18.3 Å². The lowest BCUT2D eigenvalue weighted by Crippen LogP contribution is -2.41. The molecule has 4 N–H and O–H groups in total. The zero-order chi connectivity index (χ0) is 22.3. The van der Waals surface area contributed by atoms with Crippen LogP contribution in [0.1, 0.15) is 21.6 Å². The van der Waals surface area contributed by atoms with Crippen LogP contribution < -0.4 is 16.4 Å². The lowest BCUT2D eigenvalue weighted by molar-refractivity contribution is -0.136. The molecular weight excluding hydrogens is 418 g/mol. The van der Waals surface area contributed by atoms with Crippen LogP contribution in [-0.2, 0) is 6.18 Å². The van der Waals surface area contributed by atoms with E-state index in [2.05, 4.69) is 25.7 Å². The summed E-state index contributed by atoms with van der Waals surface area (Å²) in [7, 11) is 0. The molecule has 0 spiro atoms. The summed E-state index contributed by atoms with van der Waals surface area (Å²) in [5, 5.41) is 9.70. The predicted octanol–water partition coefficient (Wildman–Crippen LogP) is 1.99. The number of halogens is 4. The topological polar surface area (TPSA) is 110 Å². The van der Waals surface area contributed by atoms with Gasteiger partial charge in [0.2, 0.25) is 0 Å². The third-order valence-corrected chi connectivity index (χ3v) is 5.37. The lowest BCUT2D eigenvalue weighted by atomic mass is 10.0. The predicted molar refractivity (Wildman–Crippen MR) is 104 cm³/mol. The monoisotopic (exact) mass is 437 g/mol. The summed E-state index contributed by atoms with van der Waals surface area (Å²) in [5.74, 6) is -1.15. The SMILES string of the molecule is Cc1ncc(-c2cc(C(F)(F)F)c3c(N)ncnn23)cc1C(=O)N[C@@H]1CNC[C@@H]1CF. The molecule has 0 radical (unpaired) electrons. The summed E-state index contributed by atoms with van der Waals surface area (Å²) >= 11 is 0. The number of carbonyl (C=O) groups is 1. The Bertz CT molecular complexity index is 1140. The molecular formula is C19H19F4N7O. The Kier molecular flexibility index (Phi) is 5.25. The lowest BCUT2D eigenvalue weighted by Gasteiger charge is -2.18. The second-order valence-corrected chi connectivity index (χ2v) is 7.36. The van der Waals surface area contributed by atoms with Crippen LogP contribution in [-0.4, -0.2) is 51.3 Å². The van der Waals surface area contributed by atoms with Crippen LogP contribution in [0.15, 0.2) is 24.7 Å². The van der Waals surface area contributed by atoms with Crippen molar-refractivity contribution in [2.24, 2.45) is 5.92 Å². The van der Waals surface area contributed by atoms with Gasteiger partial charge in [0, 0.05) is 36.8 Å². The molecule has 1 aliphatic rings. The maximum atomic E-state index is 13.6. The fraction of sp³-hybridized carbons (Fsp3) is 0.368. The van der Waals surface area contributed by atoms with E-state index in [1.54, 1.807) is 6.92 Å². The minimum absolute atomic E-state index is 0.0575. The quantitative estimate of drug-likeness (QED) is 0.539. The van der Waals surface area contributed by atoms with Crippen molar-refractivity contribution in [1.29, 1.82) is 0 Å². The van der Waals surface area contributed by atoms with E-state index in [1.807, 2.05) is 0 Å². The molecule has 0 saturated carbocycles. The third-order valence-electron chi connectivity index (χ3n) is 5.37. The summed E-state index contributed by atoms with van der Waals surface area (Å²) < 4.78 is 54.8. The molecule has 3 aromatic heterocycles. The van der Waals surface area contributed by atoms with E-state index in [4.69, 9.17) is 5.73 Å². The number of nitrogens with two attached hydrogens (primary N) is 1. The molecule has 12 heteroatoms. The van der Waals surface area contributed by atoms with Gasteiger partial charge in [-0.1, -0.05) is 0 Å². The number of aromatic nitrogens is 4. The molecule has 0 aromatic carbocycles. The van der Waals surface area contributed by atoms with E-state index >= 15 is 0 Å². The molecule has 0 unspecified atom stereocenters. The van der Waals surface area contributed by atoms with Crippen molar-refractivity contribution in [1.82, 2.24) is 30.2 Å². The van der Waals surface area contributed by atoms with Gasteiger partial charge in [0.1, 0.15) is 11.8 Å². The Balaban J connectivity index is 1.76. The number of alkyl halides is 4. The van der Waals surface area contributed by atoms with Gasteiger partial charge in [0.05, 0.1) is 29.2 Å². The average molecular weight is 437 g/mol. The molecule has 0 aliphatic carbocycles. The summed E-state index contributed by atoms with van der Waals surface area (Å²) in [6.07, 6.45) is -2.28. The Hall–Kier alpha value is -3.28. The van der Waals surface area contributed by atoms with Crippen molar-refractivity contribution in [3.63, 3.8) is 0 Å². The molecule has 1 aliphatic heterocycles. The second kappa shape index (κ2) is 7.76. The van der Waals surface area contributed by atoms with Gasteiger partial charge in [-0.15, -0.1) is 0 Å². The first-order valence-electron chi connectivity index (χ1n) is 9.44. The van der Waals surface area contributed by atoms with Gasteiger partial charge < -0.3 is 16.4 Å². The molecule has 4 rings (SSSR count). The number of pyridine rings is 1. The van der Waals surface area contributed by atoms with Gasteiger partial charge in [0.25, 0.3) is 5.91 Å². The van der Waals surface area contributed by atoms with Crippen LogP contribution in [0.4, 0.5) is 23.4 Å². The number of fused-ring (bicyclic) bond motifs is 1. The number of anilines is 1. The van der Waals surface area contributed by atoms with Gasteiger partial charge in [-0.25, -0.2) is 9.50 Å². The van der Waals surface area contributed by atoms with E-state index in [0.717, 1.165) is 16.9 Å². The molecule has 164 valence electrons. The minimum Gasteiger partial charge on any atom is -0.382 e. The zero-order valence-electron chi connectivity index (χ0n) is 16.4. The first kappa shape index (κ1) is 21.0. The third kappa shape index (κ3) is 3.78. The molecule has 3 aromatic rings. The van der Waals surface area contributed by atoms with Crippen molar-refractivity contribution >= 4 is 17.2 Å². The van der Waals surface area contributed by atoms with Gasteiger partial charge in [0.15, 0.2) is 5.82 Å². The minimum atomic E-state index is -4.68. The summed E-state index contributed by atoms with van der Waals surface area (Å²) in [6.45, 7) is 1.92. The van der Waals surface area contributed by atoms with Crippen LogP contribution in [0.3, 0.4) is 0 Å². The van der Waals surface area contributed by atoms with E-state index in [9.17, 15) is 22.4 Å². The largest absolute Gasteiger partial charge is 0.418 e. The van der Waals surface area contributed by atoms with Crippen LogP contribution in [0.25, 0.3) is 16.8 Å². The average Bonchev–Trinajstić information content (AvgIpc) is 3.33. The smallest absolute Gasteiger partial charge is 0.382 e. The zero-order valence-corrected chi connectivity index (χ0v) is 16.4. The van der Waals surface area contributed by atoms with Crippen molar-refractivity contribution in [3.8, 4) is 11.3 Å². The highest BCUT2D eigenvalue weighted by Crippen LogP contribution is 2.38. The maximum absolute atomic E-state index is 13.6. The molecule has 4 heterocycles. The van der Waals surface area contributed by atoms with E-state index < -0.39 is 24.3 Å². The van der Waals surface area contributed by atoms with E-state index in [0.29, 0.717) is 18.8 Å². The van der Waals surface area contributed by atoms with Gasteiger partial charge in [-0.05, 0) is 19.1 Å². The number of nitrogens with one attached hydrogen (secondary N) is 2. The van der Waals surface area contributed by atoms with Crippen molar-refractivity contribution < 1.29 is 22.4 Å². The second-order valence-electron chi connectivity index (χ2n) is 7.36. The number of amides is 1. The fourth-order valence-corrected chi connectivity index (χ4v) is 3.70. The maximum Gasteiger partial charge on any atom is 0.418 e. The van der Waals surface area contributed by atoms with E-state index in [1.165, 1.54) is 12.3 Å². The normalized spacial score (nSPS) is 19.1. The number of nitrogen functional groups attached to an aromatic ring is 1. The number of rotatable bonds is 4. The van der Waals surface area contributed by atoms with E-state index in [-0.39, 0.29) is 40.1 Å². The Morgan fingerprint density at radius 1 is 1.32 bits per heavy atom. The molecule has 2 atom stereocenters. The van der Waals surface area contributed by atoms with Crippen molar-refractivity contribution in [3.05, 3.63) is 41.5 Å². The Morgan fingerprint density at radius 2 is 2.10 bits per heavy atom. The highest BCUT2D eigenvalue weighted by atomic mass is 19.4. The van der Waals surface area contributed by atoms with Crippen LogP contribution in [0, 0.1) is 12.8 Å². The molecule has 1 saturated heterocycles. The molecule has 1 fully saturated rings. The first-order valence-corrected chi connectivity index (χ1v) is 9.44. The Morgan fingerprint density at radius 3 is 2.81 bits per heavy atom. The molecule has 0 bridgehead atoms. The van der Waals surface area contributed by atoms with Crippen LogP contribution in [0.5, 0.6) is 0 Å². The summed E-state index contributed by atoms with van der Waals surface area (Å²) in [5.41, 5.74) is 5.17. The number of hydrogen-bond acceptors (Lipinski definition) is 6. The number of hydrogen-bond donors (Lipinski definition) is 3. The summed E-state index contributed by atoms with van der Waals surface area (Å²) in [6, 6.07) is 1.94. The Labute approximate surface area is 173 Å². The highest BCUT2D eigenvalue weighted by molar-refractivity contribution is 5.96. The van der Waals surface area contributed by atoms with Crippen molar-refractivity contribution in [2.45, 2.75) is 19.1 Å². The standard InChI is InChI=1S/C19H19F4N7O/c1-9-12(18(31)29-14-7-25-5-11(14)4-20)2-10(6-26-9)15-3-13(19(21,22)23)16-17(24)27-8-28-30(15)16/h2-3,6,8,11,14,25H,4-5,7H2,1H3,(H,29,31)(H2,24,27,28)/t11-,14+/m0/s1. The number of carbonyl (C=O) groups excluding carboxylic acids is 1. The van der Waals surface area contributed by atoms with Crippen LogP contribution >= 0.6 is 0 Å². The molecule has 8 nitrogen and oxygen atoms in total. The van der Waals surface area contributed by atoms with Gasteiger partial charge >= 0.3 is 6.18 Å². The van der Waals surface area contributed by atoms with Crippen LogP contribution in [0.2, 0.25) is 0 Å². The molecule has 1 amide bonds.